The molecule has 1 aliphatic rings. The molecule has 3 heterocycles. The van der Waals surface area contributed by atoms with Crippen molar-refractivity contribution >= 4 is 40.1 Å². The lowest BCUT2D eigenvalue weighted by Gasteiger charge is -2.27. The number of morpholine rings is 1. The molecule has 2 aromatic heterocycles. The molecule has 7 nitrogen and oxygen atoms in total. The van der Waals surface area contributed by atoms with Crippen LogP contribution < -0.4 is 10.2 Å². The van der Waals surface area contributed by atoms with E-state index in [2.05, 4.69) is 31.9 Å². The molecule has 0 spiro atoms. The van der Waals surface area contributed by atoms with Gasteiger partial charge in [-0.25, -0.2) is 9.97 Å². The summed E-state index contributed by atoms with van der Waals surface area (Å²) in [7, 11) is 2.03. The summed E-state index contributed by atoms with van der Waals surface area (Å²) in [6, 6.07) is 15.8. The second kappa shape index (κ2) is 8.17. The SMILES string of the molecule is Cc1nc2ccc(-c3cc(Nc4ccc(Cl)cc4)nc(N4CCOCC4)n3)cc2n1C. The molecule has 158 valence electrons. The first-order valence-electron chi connectivity index (χ1n) is 10.2. The van der Waals surface area contributed by atoms with Crippen LogP contribution >= 0.6 is 11.6 Å². The van der Waals surface area contributed by atoms with Crippen LogP contribution in [0.5, 0.6) is 0 Å². The number of nitrogens with one attached hydrogen (secondary N) is 1. The van der Waals surface area contributed by atoms with Crippen molar-refractivity contribution in [2.24, 2.45) is 7.05 Å². The molecule has 1 aliphatic heterocycles. The van der Waals surface area contributed by atoms with Gasteiger partial charge in [-0.2, -0.15) is 4.98 Å². The zero-order valence-electron chi connectivity index (χ0n) is 17.5. The molecule has 0 aliphatic carbocycles. The number of rotatable bonds is 4. The summed E-state index contributed by atoms with van der Waals surface area (Å²) >= 11 is 6.03. The molecule has 31 heavy (non-hydrogen) atoms. The van der Waals surface area contributed by atoms with E-state index in [-0.39, 0.29) is 0 Å². The summed E-state index contributed by atoms with van der Waals surface area (Å²) in [5, 5.41) is 4.09. The monoisotopic (exact) mass is 434 g/mol. The van der Waals surface area contributed by atoms with Crippen LogP contribution in [0.25, 0.3) is 22.3 Å². The van der Waals surface area contributed by atoms with Gasteiger partial charge in [-0.15, -0.1) is 0 Å². The zero-order chi connectivity index (χ0) is 21.4. The van der Waals surface area contributed by atoms with Crippen molar-refractivity contribution in [1.82, 2.24) is 19.5 Å². The second-order valence-corrected chi connectivity index (χ2v) is 8.03. The zero-order valence-corrected chi connectivity index (χ0v) is 18.2. The number of aryl methyl sites for hydroxylation is 2. The Labute approximate surface area is 185 Å². The number of ether oxygens (including phenoxy) is 1. The molecule has 1 saturated heterocycles. The largest absolute Gasteiger partial charge is 0.378 e. The van der Waals surface area contributed by atoms with Gasteiger partial charge in [0.15, 0.2) is 0 Å². The third kappa shape index (κ3) is 4.06. The number of aromatic nitrogens is 4. The fourth-order valence-electron chi connectivity index (χ4n) is 3.70. The van der Waals surface area contributed by atoms with E-state index in [9.17, 15) is 0 Å². The van der Waals surface area contributed by atoms with Crippen molar-refractivity contribution in [3.05, 3.63) is 59.4 Å². The van der Waals surface area contributed by atoms with Crippen LogP contribution in [0.15, 0.2) is 48.5 Å². The lowest BCUT2D eigenvalue weighted by molar-refractivity contribution is 0.122. The summed E-state index contributed by atoms with van der Waals surface area (Å²) < 4.78 is 7.59. The maximum absolute atomic E-state index is 6.03. The number of benzene rings is 2. The standard InChI is InChI=1S/C23H23ClN6O/c1-15-25-19-8-3-16(13-21(19)29(15)2)20-14-22(26-18-6-4-17(24)5-7-18)28-23(27-20)30-9-11-31-12-10-30/h3-8,13-14H,9-12H2,1-2H3,(H,26,27,28). The Morgan fingerprint density at radius 2 is 1.74 bits per heavy atom. The highest BCUT2D eigenvalue weighted by Crippen LogP contribution is 2.28. The molecule has 1 fully saturated rings. The summed E-state index contributed by atoms with van der Waals surface area (Å²) in [6.07, 6.45) is 0. The van der Waals surface area contributed by atoms with Gasteiger partial charge in [0.25, 0.3) is 0 Å². The molecule has 0 bridgehead atoms. The minimum atomic E-state index is 0.674. The summed E-state index contributed by atoms with van der Waals surface area (Å²) in [6.45, 7) is 4.89. The van der Waals surface area contributed by atoms with Crippen LogP contribution in [0.3, 0.4) is 0 Å². The highest BCUT2D eigenvalue weighted by atomic mass is 35.5. The van der Waals surface area contributed by atoms with Crippen LogP contribution in [0.4, 0.5) is 17.5 Å². The number of hydrogen-bond acceptors (Lipinski definition) is 6. The van der Waals surface area contributed by atoms with Crippen molar-refractivity contribution in [2.75, 3.05) is 36.5 Å². The smallest absolute Gasteiger partial charge is 0.228 e. The van der Waals surface area contributed by atoms with Gasteiger partial charge in [0.2, 0.25) is 5.95 Å². The van der Waals surface area contributed by atoms with Crippen molar-refractivity contribution in [1.29, 1.82) is 0 Å². The Morgan fingerprint density at radius 1 is 0.968 bits per heavy atom. The normalized spacial score (nSPS) is 14.2. The maximum atomic E-state index is 6.03. The molecule has 1 N–H and O–H groups in total. The summed E-state index contributed by atoms with van der Waals surface area (Å²) in [5.74, 6) is 2.41. The molecule has 8 heteroatoms. The van der Waals surface area contributed by atoms with Crippen LogP contribution in [0.1, 0.15) is 5.82 Å². The highest BCUT2D eigenvalue weighted by molar-refractivity contribution is 6.30. The van der Waals surface area contributed by atoms with Crippen molar-refractivity contribution in [3.8, 4) is 11.3 Å². The molecule has 0 saturated carbocycles. The molecular weight excluding hydrogens is 412 g/mol. The Kier molecular flexibility index (Phi) is 5.21. The topological polar surface area (TPSA) is 68.1 Å². The van der Waals surface area contributed by atoms with E-state index < -0.39 is 0 Å². The second-order valence-electron chi connectivity index (χ2n) is 7.59. The first-order chi connectivity index (χ1) is 15.1. The molecule has 5 rings (SSSR count). The minimum Gasteiger partial charge on any atom is -0.378 e. The molecular formula is C23H23ClN6O. The van der Waals surface area contributed by atoms with E-state index >= 15 is 0 Å². The molecule has 2 aromatic carbocycles. The van der Waals surface area contributed by atoms with Gasteiger partial charge in [0, 0.05) is 42.5 Å². The van der Waals surface area contributed by atoms with Gasteiger partial charge in [-0.1, -0.05) is 17.7 Å². The first kappa shape index (κ1) is 19.8. The van der Waals surface area contributed by atoms with Crippen LogP contribution in [-0.2, 0) is 11.8 Å². The number of nitrogens with zero attached hydrogens (tertiary/aromatic N) is 5. The van der Waals surface area contributed by atoms with Gasteiger partial charge in [0.05, 0.1) is 29.9 Å². The first-order valence-corrected chi connectivity index (χ1v) is 10.6. The number of imidazole rings is 1. The predicted octanol–water partition coefficient (Wildman–Crippen LogP) is 4.57. The fraction of sp³-hybridized carbons (Fsp3) is 0.261. The number of fused-ring (bicyclic) bond motifs is 1. The van der Waals surface area contributed by atoms with Crippen LogP contribution in [-0.4, -0.2) is 45.8 Å². The minimum absolute atomic E-state index is 0.674. The predicted molar refractivity (Wildman–Crippen MR) is 124 cm³/mol. The van der Waals surface area contributed by atoms with E-state index in [1.165, 1.54) is 0 Å². The van der Waals surface area contributed by atoms with Gasteiger partial charge in [0.1, 0.15) is 11.6 Å². The number of halogens is 1. The van der Waals surface area contributed by atoms with Crippen LogP contribution in [0, 0.1) is 6.92 Å². The molecule has 4 aromatic rings. The van der Waals surface area contributed by atoms with Gasteiger partial charge < -0.3 is 19.5 Å². The maximum Gasteiger partial charge on any atom is 0.228 e. The van der Waals surface area contributed by atoms with Gasteiger partial charge >= 0.3 is 0 Å². The number of anilines is 3. The third-order valence-corrected chi connectivity index (χ3v) is 5.78. The Hall–Kier alpha value is -3.16. The van der Waals surface area contributed by atoms with Crippen molar-refractivity contribution in [2.45, 2.75) is 6.92 Å². The van der Waals surface area contributed by atoms with E-state index in [0.717, 1.165) is 52.7 Å². The molecule has 0 atom stereocenters. The Bertz CT molecular complexity index is 1230. The lowest BCUT2D eigenvalue weighted by Crippen LogP contribution is -2.37. The lowest BCUT2D eigenvalue weighted by atomic mass is 10.1. The quantitative estimate of drug-likeness (QED) is 0.507. The average molecular weight is 435 g/mol. The van der Waals surface area contributed by atoms with E-state index in [0.29, 0.717) is 24.2 Å². The Morgan fingerprint density at radius 3 is 2.52 bits per heavy atom. The van der Waals surface area contributed by atoms with E-state index in [4.69, 9.17) is 26.3 Å². The third-order valence-electron chi connectivity index (χ3n) is 5.53. The van der Waals surface area contributed by atoms with Gasteiger partial charge in [-0.05, 0) is 43.3 Å². The molecule has 0 unspecified atom stereocenters. The average Bonchev–Trinajstić information content (AvgIpc) is 3.09. The fourth-order valence-corrected chi connectivity index (χ4v) is 3.83. The number of hydrogen-bond donors (Lipinski definition) is 1. The van der Waals surface area contributed by atoms with E-state index in [1.807, 2.05) is 50.4 Å². The van der Waals surface area contributed by atoms with Crippen molar-refractivity contribution < 1.29 is 4.74 Å². The van der Waals surface area contributed by atoms with E-state index in [1.54, 1.807) is 0 Å². The summed E-state index contributed by atoms with van der Waals surface area (Å²) in [4.78, 5) is 16.4. The van der Waals surface area contributed by atoms with Gasteiger partial charge in [-0.3, -0.25) is 0 Å². The summed E-state index contributed by atoms with van der Waals surface area (Å²) in [5.41, 5.74) is 4.85. The van der Waals surface area contributed by atoms with Crippen molar-refractivity contribution in [3.63, 3.8) is 0 Å². The Balaban J connectivity index is 1.58. The molecule has 0 amide bonds. The molecule has 0 radical (unpaired) electrons. The highest BCUT2D eigenvalue weighted by Gasteiger charge is 2.17. The van der Waals surface area contributed by atoms with Crippen LogP contribution in [0.2, 0.25) is 5.02 Å².